The summed E-state index contributed by atoms with van der Waals surface area (Å²) in [6.45, 7) is 1.56. The number of rotatable bonds is 6. The molecule has 0 radical (unpaired) electrons. The molecule has 0 saturated carbocycles. The fraction of sp³-hybridized carbons (Fsp3) is 0.188. The fourth-order valence-corrected chi connectivity index (χ4v) is 2.97. The van der Waals surface area contributed by atoms with E-state index >= 15 is 0 Å². The van der Waals surface area contributed by atoms with Crippen LogP contribution in [0.3, 0.4) is 0 Å². The van der Waals surface area contributed by atoms with Gasteiger partial charge in [-0.05, 0) is 30.2 Å². The van der Waals surface area contributed by atoms with Crippen molar-refractivity contribution in [2.45, 2.75) is 18.6 Å². The third kappa shape index (κ3) is 4.33. The van der Waals surface area contributed by atoms with Crippen LogP contribution in [0.1, 0.15) is 24.0 Å². The van der Waals surface area contributed by atoms with Gasteiger partial charge in [-0.15, -0.1) is 0 Å². The van der Waals surface area contributed by atoms with Crippen molar-refractivity contribution >= 4 is 16.1 Å². The molecule has 0 spiro atoms. The predicted octanol–water partition coefficient (Wildman–Crippen LogP) is 2.78. The number of carbonyl (C=O) groups is 1. The number of hydrogen-bond donors (Lipinski definition) is 1. The minimum Gasteiger partial charge on any atom is -0.481 e. The first-order valence-corrected chi connectivity index (χ1v) is 8.24. The fourth-order valence-electron chi connectivity index (χ4n) is 1.91. The lowest BCUT2D eigenvalue weighted by Crippen LogP contribution is -2.12. The highest BCUT2D eigenvalue weighted by molar-refractivity contribution is 7.86. The Morgan fingerprint density at radius 2 is 1.68 bits per heavy atom. The smallest absolute Gasteiger partial charge is 0.313 e. The molecule has 0 aliphatic rings. The first-order chi connectivity index (χ1) is 10.4. The highest BCUT2D eigenvalue weighted by atomic mass is 32.2. The lowest BCUT2D eigenvalue weighted by atomic mass is 10.0. The standard InChI is InChI=1S/C16H16O5S/c1-12(16(17)18)14-7-9-15(10-8-14)21-22(19,20)11-13-5-3-2-4-6-13/h2-10,12H,11H2,1H3,(H,17,18)/t12-/m1/s1. The summed E-state index contributed by atoms with van der Waals surface area (Å²) in [6, 6.07) is 14.7. The Morgan fingerprint density at radius 1 is 1.09 bits per heavy atom. The molecule has 0 amide bonds. The van der Waals surface area contributed by atoms with Crippen LogP contribution in [0.15, 0.2) is 54.6 Å². The molecule has 0 aliphatic heterocycles. The van der Waals surface area contributed by atoms with E-state index in [9.17, 15) is 13.2 Å². The van der Waals surface area contributed by atoms with Crippen molar-refractivity contribution in [3.8, 4) is 5.75 Å². The van der Waals surface area contributed by atoms with Crippen LogP contribution in [0, 0.1) is 0 Å². The first kappa shape index (κ1) is 16.0. The monoisotopic (exact) mass is 320 g/mol. The highest BCUT2D eigenvalue weighted by Crippen LogP contribution is 2.21. The maximum absolute atomic E-state index is 12.0. The van der Waals surface area contributed by atoms with E-state index in [0.29, 0.717) is 11.1 Å². The van der Waals surface area contributed by atoms with Gasteiger partial charge in [-0.1, -0.05) is 42.5 Å². The molecule has 6 heteroatoms. The second kappa shape index (κ2) is 6.62. The van der Waals surface area contributed by atoms with Gasteiger partial charge in [-0.25, -0.2) is 0 Å². The summed E-state index contributed by atoms with van der Waals surface area (Å²) in [5.74, 6) is -1.65. The molecule has 0 unspecified atom stereocenters. The van der Waals surface area contributed by atoms with E-state index in [2.05, 4.69) is 0 Å². The molecule has 2 aromatic carbocycles. The Bertz CT molecular complexity index is 736. The molecule has 2 rings (SSSR count). The number of carboxylic acid groups (broad SMARTS) is 1. The van der Waals surface area contributed by atoms with Gasteiger partial charge in [0.2, 0.25) is 0 Å². The van der Waals surface area contributed by atoms with Crippen LogP contribution >= 0.6 is 0 Å². The minimum absolute atomic E-state index is 0.164. The van der Waals surface area contributed by atoms with Crippen LogP contribution in [0.5, 0.6) is 5.75 Å². The van der Waals surface area contributed by atoms with Gasteiger partial charge in [-0.2, -0.15) is 8.42 Å². The van der Waals surface area contributed by atoms with Crippen molar-refractivity contribution in [1.82, 2.24) is 0 Å². The van der Waals surface area contributed by atoms with Crippen molar-refractivity contribution < 1.29 is 22.5 Å². The van der Waals surface area contributed by atoms with Gasteiger partial charge in [-0.3, -0.25) is 4.79 Å². The molecule has 5 nitrogen and oxygen atoms in total. The Kier molecular flexibility index (Phi) is 4.82. The van der Waals surface area contributed by atoms with E-state index in [-0.39, 0.29) is 11.5 Å². The van der Waals surface area contributed by atoms with Gasteiger partial charge >= 0.3 is 16.1 Å². The second-order valence-corrected chi connectivity index (χ2v) is 6.47. The average Bonchev–Trinajstić information content (AvgIpc) is 2.47. The van der Waals surface area contributed by atoms with Crippen LogP contribution in [-0.2, 0) is 20.7 Å². The van der Waals surface area contributed by atoms with Crippen molar-refractivity contribution in [2.75, 3.05) is 0 Å². The van der Waals surface area contributed by atoms with Crippen LogP contribution in [-0.4, -0.2) is 19.5 Å². The lowest BCUT2D eigenvalue weighted by molar-refractivity contribution is -0.138. The normalized spacial score (nSPS) is 12.6. The maximum Gasteiger partial charge on any atom is 0.313 e. The minimum atomic E-state index is -3.75. The third-order valence-electron chi connectivity index (χ3n) is 3.16. The maximum atomic E-state index is 12.0. The van der Waals surface area contributed by atoms with E-state index in [1.165, 1.54) is 12.1 Å². The SMILES string of the molecule is C[C@@H](C(=O)O)c1ccc(OS(=O)(=O)Cc2ccccc2)cc1. The topological polar surface area (TPSA) is 80.7 Å². The Hall–Kier alpha value is -2.34. The summed E-state index contributed by atoms with van der Waals surface area (Å²) in [7, 11) is -3.75. The van der Waals surface area contributed by atoms with E-state index in [1.54, 1.807) is 49.4 Å². The zero-order valence-electron chi connectivity index (χ0n) is 12.0. The number of benzene rings is 2. The van der Waals surface area contributed by atoms with Crippen molar-refractivity contribution in [3.63, 3.8) is 0 Å². The van der Waals surface area contributed by atoms with Crippen molar-refractivity contribution in [2.24, 2.45) is 0 Å². The van der Waals surface area contributed by atoms with Crippen molar-refractivity contribution in [1.29, 1.82) is 0 Å². The number of aliphatic carboxylic acids is 1. The molecule has 22 heavy (non-hydrogen) atoms. The highest BCUT2D eigenvalue weighted by Gasteiger charge is 2.16. The predicted molar refractivity (Wildman–Crippen MR) is 82.2 cm³/mol. The van der Waals surface area contributed by atoms with E-state index in [0.717, 1.165) is 0 Å². The summed E-state index contributed by atoms with van der Waals surface area (Å²) >= 11 is 0. The molecule has 0 aromatic heterocycles. The lowest BCUT2D eigenvalue weighted by Gasteiger charge is -2.09. The van der Waals surface area contributed by atoms with Gasteiger partial charge in [0.1, 0.15) is 11.5 Å². The van der Waals surface area contributed by atoms with E-state index in [1.807, 2.05) is 0 Å². The molecule has 0 bridgehead atoms. The summed E-state index contributed by atoms with van der Waals surface area (Å²) < 4.78 is 29.0. The van der Waals surface area contributed by atoms with Gasteiger partial charge < -0.3 is 9.29 Å². The third-order valence-corrected chi connectivity index (χ3v) is 4.29. The van der Waals surface area contributed by atoms with Gasteiger partial charge in [0, 0.05) is 0 Å². The summed E-state index contributed by atoms with van der Waals surface area (Å²) in [5, 5.41) is 8.93. The van der Waals surface area contributed by atoms with Gasteiger partial charge in [0.15, 0.2) is 0 Å². The molecule has 0 heterocycles. The molecule has 1 N–H and O–H groups in total. The molecule has 116 valence electrons. The van der Waals surface area contributed by atoms with E-state index in [4.69, 9.17) is 9.29 Å². The first-order valence-electron chi connectivity index (χ1n) is 6.66. The van der Waals surface area contributed by atoms with Crippen LogP contribution in [0.2, 0.25) is 0 Å². The zero-order valence-corrected chi connectivity index (χ0v) is 12.8. The summed E-state index contributed by atoms with van der Waals surface area (Å²) in [4.78, 5) is 10.9. The Morgan fingerprint density at radius 3 is 2.23 bits per heavy atom. The van der Waals surface area contributed by atoms with Crippen LogP contribution < -0.4 is 4.18 Å². The number of hydrogen-bond acceptors (Lipinski definition) is 4. The average molecular weight is 320 g/mol. The summed E-state index contributed by atoms with van der Waals surface area (Å²) in [6.07, 6.45) is 0. The second-order valence-electron chi connectivity index (χ2n) is 4.90. The molecule has 2 aromatic rings. The Balaban J connectivity index is 2.08. The van der Waals surface area contributed by atoms with Crippen LogP contribution in [0.25, 0.3) is 0 Å². The largest absolute Gasteiger partial charge is 0.481 e. The quantitative estimate of drug-likeness (QED) is 0.828. The van der Waals surface area contributed by atoms with E-state index < -0.39 is 22.0 Å². The molecular formula is C16H16O5S. The molecule has 0 fully saturated rings. The summed E-state index contributed by atoms with van der Waals surface area (Å²) in [5.41, 5.74) is 1.22. The van der Waals surface area contributed by atoms with Crippen molar-refractivity contribution in [3.05, 3.63) is 65.7 Å². The Labute approximate surface area is 129 Å². The van der Waals surface area contributed by atoms with Gasteiger partial charge in [0.05, 0.1) is 5.92 Å². The zero-order chi connectivity index (χ0) is 16.2. The molecular weight excluding hydrogens is 304 g/mol. The molecule has 1 atom stereocenters. The van der Waals surface area contributed by atoms with Crippen LogP contribution in [0.4, 0.5) is 0 Å². The molecule has 0 saturated heterocycles. The molecule has 0 aliphatic carbocycles. The van der Waals surface area contributed by atoms with Gasteiger partial charge in [0.25, 0.3) is 0 Å². The number of carboxylic acids is 1.